The topological polar surface area (TPSA) is 69.4 Å². The molecule has 140 valence electrons. The molecule has 0 bridgehead atoms. The van der Waals surface area contributed by atoms with Crippen molar-refractivity contribution in [2.75, 3.05) is 0 Å². The van der Waals surface area contributed by atoms with Gasteiger partial charge in [0.2, 0.25) is 5.95 Å². The maximum absolute atomic E-state index is 12.7. The highest BCUT2D eigenvalue weighted by Gasteiger charge is 2.32. The van der Waals surface area contributed by atoms with Gasteiger partial charge in [-0.2, -0.15) is 13.2 Å². The fraction of sp³-hybridized carbons (Fsp3) is 0.105. The minimum atomic E-state index is -4.48. The molecule has 4 rings (SSSR count). The Morgan fingerprint density at radius 1 is 0.929 bits per heavy atom. The van der Waals surface area contributed by atoms with Gasteiger partial charge in [0.05, 0.1) is 11.4 Å². The lowest BCUT2D eigenvalue weighted by Gasteiger charge is -2.08. The van der Waals surface area contributed by atoms with E-state index < -0.39 is 11.9 Å². The maximum Gasteiger partial charge on any atom is 0.433 e. The van der Waals surface area contributed by atoms with Gasteiger partial charge in [-0.3, -0.25) is 14.5 Å². The van der Waals surface area contributed by atoms with Gasteiger partial charge in [0.25, 0.3) is 0 Å². The second-order valence-electron chi connectivity index (χ2n) is 6.03. The van der Waals surface area contributed by atoms with E-state index in [2.05, 4.69) is 24.9 Å². The first-order chi connectivity index (χ1) is 13.4. The quantitative estimate of drug-likeness (QED) is 0.533. The summed E-state index contributed by atoms with van der Waals surface area (Å²) in [5.74, 6) is 0.359. The zero-order valence-corrected chi connectivity index (χ0v) is 14.6. The number of hydrogen-bond donors (Lipinski definition) is 0. The number of pyridine rings is 2. The van der Waals surface area contributed by atoms with Crippen LogP contribution in [0, 0.1) is 6.92 Å². The lowest BCUT2D eigenvalue weighted by molar-refractivity contribution is -0.141. The number of alkyl halides is 3. The van der Waals surface area contributed by atoms with Crippen molar-refractivity contribution in [2.45, 2.75) is 13.1 Å². The molecule has 9 heteroatoms. The van der Waals surface area contributed by atoms with Crippen LogP contribution in [0.5, 0.6) is 0 Å². The van der Waals surface area contributed by atoms with E-state index in [-0.39, 0.29) is 0 Å². The van der Waals surface area contributed by atoms with E-state index in [1.165, 1.54) is 6.07 Å². The molecule has 0 radical (unpaired) electrons. The van der Waals surface area contributed by atoms with E-state index >= 15 is 0 Å². The van der Waals surface area contributed by atoms with E-state index in [0.29, 0.717) is 28.6 Å². The third-order valence-corrected chi connectivity index (χ3v) is 3.96. The standard InChI is InChI=1S/C19H13F3N6/c1-12-7-15(14-4-5-17(24-9-14)19(20,21)22)27-18(26-12)28-10-16(25-11-28)13-3-2-6-23-8-13/h2-11H,1H3. The van der Waals surface area contributed by atoms with Crippen LogP contribution >= 0.6 is 0 Å². The zero-order chi connectivity index (χ0) is 19.7. The molecule has 4 aromatic heterocycles. The van der Waals surface area contributed by atoms with Crippen LogP contribution in [0.4, 0.5) is 13.2 Å². The number of aryl methyl sites for hydroxylation is 1. The van der Waals surface area contributed by atoms with Gasteiger partial charge in [0.1, 0.15) is 12.0 Å². The van der Waals surface area contributed by atoms with Crippen molar-refractivity contribution < 1.29 is 13.2 Å². The average Bonchev–Trinajstić information content (AvgIpc) is 3.18. The number of imidazole rings is 1. The smallest absolute Gasteiger partial charge is 0.274 e. The molecule has 0 fully saturated rings. The van der Waals surface area contributed by atoms with E-state index in [1.54, 1.807) is 42.5 Å². The second-order valence-corrected chi connectivity index (χ2v) is 6.03. The first-order valence-corrected chi connectivity index (χ1v) is 8.24. The molecular formula is C19H13F3N6. The van der Waals surface area contributed by atoms with Crippen LogP contribution in [0.3, 0.4) is 0 Å². The summed E-state index contributed by atoms with van der Waals surface area (Å²) in [5, 5.41) is 0. The predicted molar refractivity (Wildman–Crippen MR) is 95.4 cm³/mol. The van der Waals surface area contributed by atoms with Crippen molar-refractivity contribution in [3.05, 3.63) is 72.8 Å². The van der Waals surface area contributed by atoms with E-state index in [4.69, 9.17) is 0 Å². The first-order valence-electron chi connectivity index (χ1n) is 8.24. The minimum Gasteiger partial charge on any atom is -0.274 e. The Bertz CT molecular complexity index is 1100. The van der Waals surface area contributed by atoms with Gasteiger partial charge in [-0.25, -0.2) is 15.0 Å². The lowest BCUT2D eigenvalue weighted by atomic mass is 10.1. The van der Waals surface area contributed by atoms with Crippen LogP contribution in [0.2, 0.25) is 0 Å². The Balaban J connectivity index is 1.69. The van der Waals surface area contributed by atoms with Crippen molar-refractivity contribution in [3.63, 3.8) is 0 Å². The Labute approximate surface area is 157 Å². The molecule has 0 N–H and O–H groups in total. The zero-order valence-electron chi connectivity index (χ0n) is 14.6. The third kappa shape index (κ3) is 3.59. The summed E-state index contributed by atoms with van der Waals surface area (Å²) in [6.07, 6.45) is 3.39. The van der Waals surface area contributed by atoms with Crippen LogP contribution < -0.4 is 0 Å². The van der Waals surface area contributed by atoms with Crippen molar-refractivity contribution >= 4 is 0 Å². The summed E-state index contributed by atoms with van der Waals surface area (Å²) in [6.45, 7) is 1.78. The fourth-order valence-electron chi connectivity index (χ4n) is 2.62. The van der Waals surface area contributed by atoms with Crippen molar-refractivity contribution in [3.8, 4) is 28.5 Å². The first kappa shape index (κ1) is 17.8. The molecule has 4 aromatic rings. The molecule has 0 saturated heterocycles. The summed E-state index contributed by atoms with van der Waals surface area (Å²) >= 11 is 0. The number of halogens is 3. The van der Waals surface area contributed by atoms with Crippen molar-refractivity contribution in [2.24, 2.45) is 0 Å². The molecular weight excluding hydrogens is 369 g/mol. The molecule has 0 aliphatic rings. The van der Waals surface area contributed by atoms with Crippen LogP contribution in [0.1, 0.15) is 11.4 Å². The van der Waals surface area contributed by atoms with Gasteiger partial charge in [0.15, 0.2) is 0 Å². The Kier molecular flexibility index (Phi) is 4.34. The average molecular weight is 382 g/mol. The third-order valence-electron chi connectivity index (χ3n) is 3.96. The minimum absolute atomic E-state index is 0.359. The number of rotatable bonds is 3. The molecule has 0 atom stereocenters. The molecule has 0 aliphatic heterocycles. The molecule has 0 aromatic carbocycles. The molecule has 0 spiro atoms. The highest BCUT2D eigenvalue weighted by molar-refractivity contribution is 5.60. The SMILES string of the molecule is Cc1cc(-c2ccc(C(F)(F)F)nc2)nc(-n2cnc(-c3cccnc3)c2)n1. The maximum atomic E-state index is 12.7. The highest BCUT2D eigenvalue weighted by Crippen LogP contribution is 2.29. The predicted octanol–water partition coefficient (Wildman–Crippen LogP) is 4.11. The Hall–Kier alpha value is -3.62. The van der Waals surface area contributed by atoms with E-state index in [1.807, 2.05) is 12.1 Å². The van der Waals surface area contributed by atoms with Gasteiger partial charge >= 0.3 is 6.18 Å². The van der Waals surface area contributed by atoms with Crippen LogP contribution in [-0.4, -0.2) is 29.5 Å². The molecule has 6 nitrogen and oxygen atoms in total. The van der Waals surface area contributed by atoms with Gasteiger partial charge in [-0.05, 0) is 37.3 Å². The van der Waals surface area contributed by atoms with Gasteiger partial charge in [-0.1, -0.05) is 0 Å². The van der Waals surface area contributed by atoms with Crippen LogP contribution in [0.15, 0.2) is 61.4 Å². The number of hydrogen-bond acceptors (Lipinski definition) is 5. The molecule has 0 amide bonds. The molecule has 0 saturated carbocycles. The summed E-state index contributed by atoms with van der Waals surface area (Å²) in [6, 6.07) is 7.66. The van der Waals surface area contributed by atoms with Crippen molar-refractivity contribution in [1.82, 2.24) is 29.5 Å². The number of nitrogens with zero attached hydrogens (tertiary/aromatic N) is 6. The van der Waals surface area contributed by atoms with E-state index in [9.17, 15) is 13.2 Å². The summed E-state index contributed by atoms with van der Waals surface area (Å²) in [7, 11) is 0. The van der Waals surface area contributed by atoms with Gasteiger partial charge < -0.3 is 0 Å². The molecule has 4 heterocycles. The monoisotopic (exact) mass is 382 g/mol. The highest BCUT2D eigenvalue weighted by atomic mass is 19.4. The normalized spacial score (nSPS) is 11.6. The molecule has 28 heavy (non-hydrogen) atoms. The Morgan fingerprint density at radius 3 is 2.43 bits per heavy atom. The van der Waals surface area contributed by atoms with Crippen LogP contribution in [0.25, 0.3) is 28.5 Å². The largest absolute Gasteiger partial charge is 0.433 e. The fourth-order valence-corrected chi connectivity index (χ4v) is 2.62. The lowest BCUT2D eigenvalue weighted by Crippen LogP contribution is -2.07. The van der Waals surface area contributed by atoms with Gasteiger partial charge in [0, 0.05) is 41.6 Å². The molecule has 0 unspecified atom stereocenters. The second kappa shape index (κ2) is 6.84. The Morgan fingerprint density at radius 2 is 1.75 bits per heavy atom. The number of aromatic nitrogens is 6. The summed E-state index contributed by atoms with van der Waals surface area (Å²) in [4.78, 5) is 20.7. The summed E-state index contributed by atoms with van der Waals surface area (Å²) in [5.41, 5.74) is 2.21. The van der Waals surface area contributed by atoms with E-state index in [0.717, 1.165) is 17.8 Å². The molecule has 0 aliphatic carbocycles. The van der Waals surface area contributed by atoms with Gasteiger partial charge in [-0.15, -0.1) is 0 Å². The van der Waals surface area contributed by atoms with Crippen LogP contribution in [-0.2, 0) is 6.18 Å². The van der Waals surface area contributed by atoms with Crippen molar-refractivity contribution in [1.29, 1.82) is 0 Å². The summed E-state index contributed by atoms with van der Waals surface area (Å²) < 4.78 is 39.8.